The van der Waals surface area contributed by atoms with Crippen LogP contribution in [0.3, 0.4) is 0 Å². The van der Waals surface area contributed by atoms with Crippen LogP contribution in [0, 0.1) is 0 Å². The third-order valence-corrected chi connectivity index (χ3v) is 3.17. The highest BCUT2D eigenvalue weighted by atomic mass is 16.5. The first-order chi connectivity index (χ1) is 8.26. The molecule has 0 spiro atoms. The lowest BCUT2D eigenvalue weighted by Gasteiger charge is -2.24. The molecule has 0 bridgehead atoms. The predicted octanol–water partition coefficient (Wildman–Crippen LogP) is 2.82. The number of hydrogen-bond donors (Lipinski definition) is 1. The van der Waals surface area contributed by atoms with Crippen molar-refractivity contribution in [2.75, 3.05) is 13.2 Å². The molecule has 0 radical (unpaired) electrons. The van der Waals surface area contributed by atoms with Crippen molar-refractivity contribution in [3.8, 4) is 11.5 Å². The van der Waals surface area contributed by atoms with Gasteiger partial charge in [0.05, 0.1) is 13.2 Å². The second-order valence-corrected chi connectivity index (χ2v) is 4.36. The second-order valence-electron chi connectivity index (χ2n) is 4.36. The average molecular weight is 235 g/mol. The third-order valence-electron chi connectivity index (χ3n) is 3.17. The highest BCUT2D eigenvalue weighted by molar-refractivity contribution is 5.49. The Hall–Kier alpha value is -1.22. The number of nitrogens with two attached hydrogens (primary N) is 1. The van der Waals surface area contributed by atoms with Gasteiger partial charge in [-0.1, -0.05) is 0 Å². The van der Waals surface area contributed by atoms with Crippen molar-refractivity contribution in [2.45, 2.75) is 39.2 Å². The van der Waals surface area contributed by atoms with Crippen molar-refractivity contribution < 1.29 is 9.47 Å². The molecule has 94 valence electrons. The van der Waals surface area contributed by atoms with E-state index in [1.54, 1.807) is 0 Å². The van der Waals surface area contributed by atoms with E-state index in [1.165, 1.54) is 11.1 Å². The fraction of sp³-hybridized carbons (Fsp3) is 0.571. The second kappa shape index (κ2) is 5.41. The van der Waals surface area contributed by atoms with Crippen molar-refractivity contribution in [1.82, 2.24) is 0 Å². The van der Waals surface area contributed by atoms with Gasteiger partial charge in [0.25, 0.3) is 0 Å². The minimum Gasteiger partial charge on any atom is -0.490 e. The normalized spacial score (nSPS) is 18.6. The van der Waals surface area contributed by atoms with Crippen molar-refractivity contribution in [3.05, 3.63) is 23.3 Å². The van der Waals surface area contributed by atoms with E-state index in [-0.39, 0.29) is 6.04 Å². The third kappa shape index (κ3) is 2.55. The van der Waals surface area contributed by atoms with E-state index in [0.29, 0.717) is 13.2 Å². The Balaban J connectivity index is 2.39. The Bertz CT molecular complexity index is 390. The van der Waals surface area contributed by atoms with Crippen molar-refractivity contribution in [1.29, 1.82) is 0 Å². The fourth-order valence-corrected chi connectivity index (χ4v) is 2.38. The summed E-state index contributed by atoms with van der Waals surface area (Å²) < 4.78 is 11.2. The molecular weight excluding hydrogens is 214 g/mol. The molecule has 1 aromatic rings. The van der Waals surface area contributed by atoms with Gasteiger partial charge in [-0.2, -0.15) is 0 Å². The molecule has 1 aromatic carbocycles. The Morgan fingerprint density at radius 3 is 2.47 bits per heavy atom. The van der Waals surface area contributed by atoms with E-state index in [9.17, 15) is 0 Å². The topological polar surface area (TPSA) is 44.5 Å². The van der Waals surface area contributed by atoms with Crippen molar-refractivity contribution in [2.24, 2.45) is 5.73 Å². The summed E-state index contributed by atoms with van der Waals surface area (Å²) in [4.78, 5) is 0. The predicted molar refractivity (Wildman–Crippen MR) is 68.6 cm³/mol. The maximum absolute atomic E-state index is 6.14. The van der Waals surface area contributed by atoms with Gasteiger partial charge < -0.3 is 15.2 Å². The summed E-state index contributed by atoms with van der Waals surface area (Å²) in [6.07, 6.45) is 3.32. The number of rotatable bonds is 4. The number of hydrogen-bond acceptors (Lipinski definition) is 3. The molecule has 0 aliphatic heterocycles. The Kier molecular flexibility index (Phi) is 3.89. The van der Waals surface area contributed by atoms with Gasteiger partial charge in [0, 0.05) is 6.04 Å². The van der Waals surface area contributed by atoms with Crippen LogP contribution in [-0.2, 0) is 6.42 Å². The molecule has 0 aromatic heterocycles. The minimum atomic E-state index is 0.147. The van der Waals surface area contributed by atoms with Crippen LogP contribution in [0.4, 0.5) is 0 Å². The lowest BCUT2D eigenvalue weighted by Crippen LogP contribution is -2.17. The van der Waals surface area contributed by atoms with Crippen LogP contribution in [0.15, 0.2) is 12.1 Å². The zero-order valence-electron chi connectivity index (χ0n) is 10.7. The van der Waals surface area contributed by atoms with E-state index in [0.717, 1.165) is 30.8 Å². The van der Waals surface area contributed by atoms with Gasteiger partial charge in [-0.05, 0) is 56.4 Å². The smallest absolute Gasteiger partial charge is 0.161 e. The molecule has 1 aliphatic rings. The van der Waals surface area contributed by atoms with Gasteiger partial charge in [0.2, 0.25) is 0 Å². The lowest BCUT2D eigenvalue weighted by atomic mass is 9.88. The quantitative estimate of drug-likeness (QED) is 0.872. The fourth-order valence-electron chi connectivity index (χ4n) is 2.38. The molecule has 17 heavy (non-hydrogen) atoms. The molecule has 3 heteroatoms. The highest BCUT2D eigenvalue weighted by Gasteiger charge is 2.20. The summed E-state index contributed by atoms with van der Waals surface area (Å²) in [6, 6.07) is 4.31. The van der Waals surface area contributed by atoms with E-state index >= 15 is 0 Å². The molecule has 1 aliphatic carbocycles. The SMILES string of the molecule is CCOc1cc2c(cc1OCC)[C@@H](N)CCC2. The maximum atomic E-state index is 6.14. The Morgan fingerprint density at radius 2 is 1.82 bits per heavy atom. The van der Waals surface area contributed by atoms with E-state index in [2.05, 4.69) is 12.1 Å². The van der Waals surface area contributed by atoms with Crippen LogP contribution in [0.25, 0.3) is 0 Å². The Labute approximate surface area is 103 Å². The van der Waals surface area contributed by atoms with Crippen LogP contribution >= 0.6 is 0 Å². The monoisotopic (exact) mass is 235 g/mol. The van der Waals surface area contributed by atoms with Gasteiger partial charge in [-0.25, -0.2) is 0 Å². The molecular formula is C14H21NO2. The molecule has 1 atom stereocenters. The zero-order chi connectivity index (χ0) is 12.3. The summed E-state index contributed by atoms with van der Waals surface area (Å²) in [7, 11) is 0. The Morgan fingerprint density at radius 1 is 1.18 bits per heavy atom. The molecule has 0 saturated carbocycles. The van der Waals surface area contributed by atoms with Gasteiger partial charge in [-0.3, -0.25) is 0 Å². The van der Waals surface area contributed by atoms with Crippen molar-refractivity contribution >= 4 is 0 Å². The zero-order valence-corrected chi connectivity index (χ0v) is 10.7. The van der Waals surface area contributed by atoms with Crippen LogP contribution in [0.2, 0.25) is 0 Å². The van der Waals surface area contributed by atoms with Gasteiger partial charge in [0.15, 0.2) is 11.5 Å². The van der Waals surface area contributed by atoms with Gasteiger partial charge >= 0.3 is 0 Å². The van der Waals surface area contributed by atoms with E-state index in [1.807, 2.05) is 13.8 Å². The molecule has 0 saturated heterocycles. The highest BCUT2D eigenvalue weighted by Crippen LogP contribution is 2.37. The molecule has 0 unspecified atom stereocenters. The molecule has 3 nitrogen and oxygen atoms in total. The maximum Gasteiger partial charge on any atom is 0.161 e. The summed E-state index contributed by atoms with van der Waals surface area (Å²) in [6.45, 7) is 5.27. The number of aryl methyl sites for hydroxylation is 1. The molecule has 2 N–H and O–H groups in total. The summed E-state index contributed by atoms with van der Waals surface area (Å²) in [5.74, 6) is 1.67. The van der Waals surface area contributed by atoms with Crippen LogP contribution in [0.5, 0.6) is 11.5 Å². The molecule has 0 heterocycles. The number of ether oxygens (including phenoxy) is 2. The van der Waals surface area contributed by atoms with Crippen LogP contribution < -0.4 is 15.2 Å². The summed E-state index contributed by atoms with van der Waals surface area (Å²) in [5, 5.41) is 0. The first kappa shape index (κ1) is 12.2. The van der Waals surface area contributed by atoms with Gasteiger partial charge in [-0.15, -0.1) is 0 Å². The van der Waals surface area contributed by atoms with Crippen LogP contribution in [-0.4, -0.2) is 13.2 Å². The standard InChI is InChI=1S/C14H21NO2/c1-3-16-13-8-10-6-5-7-12(15)11(10)9-14(13)17-4-2/h8-9,12H,3-7,15H2,1-2H3/t12-/m0/s1. The van der Waals surface area contributed by atoms with Crippen molar-refractivity contribution in [3.63, 3.8) is 0 Å². The van der Waals surface area contributed by atoms with Crippen LogP contribution in [0.1, 0.15) is 43.9 Å². The van der Waals surface area contributed by atoms with E-state index < -0.39 is 0 Å². The molecule has 2 rings (SSSR count). The van der Waals surface area contributed by atoms with Gasteiger partial charge in [0.1, 0.15) is 0 Å². The first-order valence-electron chi connectivity index (χ1n) is 6.44. The first-order valence-corrected chi connectivity index (χ1v) is 6.44. The molecule has 0 amide bonds. The number of fused-ring (bicyclic) bond motifs is 1. The average Bonchev–Trinajstić information content (AvgIpc) is 2.32. The minimum absolute atomic E-state index is 0.147. The molecule has 0 fully saturated rings. The summed E-state index contributed by atoms with van der Waals surface area (Å²) >= 11 is 0. The summed E-state index contributed by atoms with van der Waals surface area (Å²) in [5.41, 5.74) is 8.68. The number of benzene rings is 1. The largest absolute Gasteiger partial charge is 0.490 e. The van der Waals surface area contributed by atoms with E-state index in [4.69, 9.17) is 15.2 Å². The lowest BCUT2D eigenvalue weighted by molar-refractivity contribution is 0.286.